The van der Waals surface area contributed by atoms with Gasteiger partial charge in [0, 0.05) is 12.1 Å². The van der Waals surface area contributed by atoms with Crippen LogP contribution in [0.4, 0.5) is 10.2 Å². The first-order valence-electron chi connectivity index (χ1n) is 7.92. The number of aryl methyl sites for hydroxylation is 1. The molecule has 25 heavy (non-hydrogen) atoms. The van der Waals surface area contributed by atoms with Crippen molar-refractivity contribution in [1.82, 2.24) is 24.8 Å². The second-order valence-electron chi connectivity index (χ2n) is 6.10. The quantitative estimate of drug-likeness (QED) is 0.790. The van der Waals surface area contributed by atoms with Crippen molar-refractivity contribution in [2.45, 2.75) is 33.7 Å². The molecular weight excluding hydrogens is 323 g/mol. The third-order valence-corrected chi connectivity index (χ3v) is 3.84. The Hall–Kier alpha value is -3.03. The summed E-state index contributed by atoms with van der Waals surface area (Å²) < 4.78 is 17.2. The van der Waals surface area contributed by atoms with Crippen LogP contribution < -0.4 is 5.32 Å². The van der Waals surface area contributed by atoms with Gasteiger partial charge in [-0.25, -0.2) is 13.8 Å². The molecule has 0 radical (unpaired) electrons. The van der Waals surface area contributed by atoms with E-state index in [2.05, 4.69) is 20.7 Å². The van der Waals surface area contributed by atoms with E-state index in [1.165, 1.54) is 10.7 Å². The van der Waals surface area contributed by atoms with Crippen molar-refractivity contribution in [2.75, 3.05) is 5.32 Å². The summed E-state index contributed by atoms with van der Waals surface area (Å²) in [6.45, 7) is 7.40. The van der Waals surface area contributed by atoms with E-state index in [0.29, 0.717) is 11.5 Å². The molecule has 0 bridgehead atoms. The number of anilines is 1. The van der Waals surface area contributed by atoms with Crippen molar-refractivity contribution >= 4 is 11.7 Å². The normalized spacial score (nSPS) is 11.1. The van der Waals surface area contributed by atoms with E-state index in [-0.39, 0.29) is 17.4 Å². The van der Waals surface area contributed by atoms with Gasteiger partial charge in [-0.2, -0.15) is 5.10 Å². The summed E-state index contributed by atoms with van der Waals surface area (Å²) in [4.78, 5) is 12.5. The first-order valence-corrected chi connectivity index (χ1v) is 7.92. The fourth-order valence-corrected chi connectivity index (χ4v) is 2.55. The lowest BCUT2D eigenvalue weighted by Gasteiger charge is -2.11. The van der Waals surface area contributed by atoms with Gasteiger partial charge in [-0.15, -0.1) is 5.10 Å². The van der Waals surface area contributed by atoms with Crippen LogP contribution in [0, 0.1) is 19.7 Å². The van der Waals surface area contributed by atoms with Gasteiger partial charge in [0.1, 0.15) is 17.3 Å². The van der Waals surface area contributed by atoms with Gasteiger partial charge in [0.05, 0.1) is 11.9 Å². The number of amides is 1. The van der Waals surface area contributed by atoms with Crippen LogP contribution in [-0.4, -0.2) is 30.7 Å². The topological polar surface area (TPSA) is 77.6 Å². The summed E-state index contributed by atoms with van der Waals surface area (Å²) in [5, 5.41) is 14.8. The second kappa shape index (κ2) is 6.46. The third kappa shape index (κ3) is 3.15. The van der Waals surface area contributed by atoms with Gasteiger partial charge in [0.2, 0.25) is 0 Å². The summed E-state index contributed by atoms with van der Waals surface area (Å²) in [6.07, 6.45) is 1.61. The molecule has 0 fully saturated rings. The molecule has 2 aromatic heterocycles. The molecular formula is C17H19FN6O. The maximum atomic E-state index is 14.2. The SMILES string of the molecule is Cc1ccc(-n2nnc(C(=O)Nc3ccnn3C(C)C)c2C)c(F)c1. The standard InChI is InChI=1S/C17H19FN6O/c1-10(2)23-15(7-8-19-23)20-17(25)16-12(4)24(22-21-16)14-6-5-11(3)9-13(14)18/h5-10H,1-4H3,(H,20,25). The van der Waals surface area contributed by atoms with Crippen LogP contribution in [0.5, 0.6) is 0 Å². The maximum Gasteiger partial charge on any atom is 0.279 e. The molecule has 2 heterocycles. The van der Waals surface area contributed by atoms with Crippen molar-refractivity contribution in [1.29, 1.82) is 0 Å². The van der Waals surface area contributed by atoms with E-state index in [4.69, 9.17) is 0 Å². The molecule has 0 aliphatic heterocycles. The Morgan fingerprint density at radius 1 is 1.24 bits per heavy atom. The molecule has 130 valence electrons. The number of benzene rings is 1. The Bertz CT molecular complexity index is 927. The van der Waals surface area contributed by atoms with Gasteiger partial charge in [0.15, 0.2) is 5.69 Å². The predicted octanol–water partition coefficient (Wildman–Crippen LogP) is 3.05. The van der Waals surface area contributed by atoms with Gasteiger partial charge in [-0.05, 0) is 45.4 Å². The van der Waals surface area contributed by atoms with Crippen LogP contribution in [0.2, 0.25) is 0 Å². The molecule has 8 heteroatoms. The average molecular weight is 342 g/mol. The molecule has 3 rings (SSSR count). The van der Waals surface area contributed by atoms with Crippen molar-refractivity contribution in [2.24, 2.45) is 0 Å². The van der Waals surface area contributed by atoms with E-state index in [1.807, 2.05) is 13.8 Å². The number of nitrogens with one attached hydrogen (secondary N) is 1. The van der Waals surface area contributed by atoms with Crippen LogP contribution >= 0.6 is 0 Å². The number of aromatic nitrogens is 5. The lowest BCUT2D eigenvalue weighted by molar-refractivity contribution is 0.102. The van der Waals surface area contributed by atoms with Crippen molar-refractivity contribution in [3.05, 3.63) is 53.2 Å². The van der Waals surface area contributed by atoms with Gasteiger partial charge in [0.25, 0.3) is 5.91 Å². The highest BCUT2D eigenvalue weighted by Crippen LogP contribution is 2.19. The van der Waals surface area contributed by atoms with Crippen LogP contribution in [0.15, 0.2) is 30.5 Å². The van der Waals surface area contributed by atoms with Crippen LogP contribution in [0.1, 0.15) is 41.6 Å². The lowest BCUT2D eigenvalue weighted by atomic mass is 10.2. The Morgan fingerprint density at radius 3 is 2.68 bits per heavy atom. The summed E-state index contributed by atoms with van der Waals surface area (Å²) in [5.41, 5.74) is 1.65. The third-order valence-electron chi connectivity index (χ3n) is 3.84. The minimum atomic E-state index is -0.419. The van der Waals surface area contributed by atoms with Crippen LogP contribution in [0.25, 0.3) is 5.69 Å². The average Bonchev–Trinajstić information content (AvgIpc) is 3.14. The highest BCUT2D eigenvalue weighted by Gasteiger charge is 2.20. The highest BCUT2D eigenvalue weighted by atomic mass is 19.1. The molecule has 7 nitrogen and oxygen atoms in total. The molecule has 1 aromatic carbocycles. The van der Waals surface area contributed by atoms with Crippen molar-refractivity contribution in [3.8, 4) is 5.69 Å². The monoisotopic (exact) mass is 342 g/mol. The molecule has 0 spiro atoms. The maximum absolute atomic E-state index is 14.2. The molecule has 1 N–H and O–H groups in total. The van der Waals surface area contributed by atoms with E-state index in [1.54, 1.807) is 42.9 Å². The molecule has 0 saturated carbocycles. The number of rotatable bonds is 4. The fraction of sp³-hybridized carbons (Fsp3) is 0.294. The lowest BCUT2D eigenvalue weighted by Crippen LogP contribution is -2.18. The van der Waals surface area contributed by atoms with Gasteiger partial charge < -0.3 is 5.32 Å². The smallest absolute Gasteiger partial charge is 0.279 e. The summed E-state index contributed by atoms with van der Waals surface area (Å²) in [7, 11) is 0. The van der Waals surface area contributed by atoms with Crippen LogP contribution in [0.3, 0.4) is 0 Å². The molecule has 0 aliphatic rings. The molecule has 0 atom stereocenters. The van der Waals surface area contributed by atoms with Crippen molar-refractivity contribution < 1.29 is 9.18 Å². The van der Waals surface area contributed by atoms with E-state index in [0.717, 1.165) is 5.56 Å². The largest absolute Gasteiger partial charge is 0.305 e. The molecule has 1 amide bonds. The summed E-state index contributed by atoms with van der Waals surface area (Å²) in [6, 6.07) is 6.61. The Labute approximate surface area is 144 Å². The molecule has 0 saturated heterocycles. The zero-order chi connectivity index (χ0) is 18.1. The minimum Gasteiger partial charge on any atom is -0.305 e. The van der Waals surface area contributed by atoms with Gasteiger partial charge in [-0.1, -0.05) is 11.3 Å². The second-order valence-corrected chi connectivity index (χ2v) is 6.10. The predicted molar refractivity (Wildman–Crippen MR) is 91.4 cm³/mol. The van der Waals surface area contributed by atoms with E-state index < -0.39 is 11.7 Å². The Morgan fingerprint density at radius 2 is 2.00 bits per heavy atom. The number of hydrogen-bond donors (Lipinski definition) is 1. The molecule has 0 unspecified atom stereocenters. The van der Waals surface area contributed by atoms with Gasteiger partial charge in [-0.3, -0.25) is 4.79 Å². The number of carbonyl (C=O) groups excluding carboxylic acids is 1. The zero-order valence-electron chi connectivity index (χ0n) is 14.5. The van der Waals surface area contributed by atoms with Crippen molar-refractivity contribution in [3.63, 3.8) is 0 Å². The number of halogens is 1. The summed E-state index contributed by atoms with van der Waals surface area (Å²) >= 11 is 0. The van der Waals surface area contributed by atoms with Crippen LogP contribution in [-0.2, 0) is 0 Å². The number of nitrogens with zero attached hydrogens (tertiary/aromatic N) is 5. The Balaban J connectivity index is 1.90. The number of hydrogen-bond acceptors (Lipinski definition) is 4. The van der Waals surface area contributed by atoms with E-state index >= 15 is 0 Å². The first-order chi connectivity index (χ1) is 11.9. The number of carbonyl (C=O) groups is 1. The Kier molecular flexibility index (Phi) is 4.35. The molecule has 3 aromatic rings. The van der Waals surface area contributed by atoms with Gasteiger partial charge >= 0.3 is 0 Å². The first kappa shape index (κ1) is 16.8. The fourth-order valence-electron chi connectivity index (χ4n) is 2.55. The zero-order valence-corrected chi connectivity index (χ0v) is 14.5. The summed E-state index contributed by atoms with van der Waals surface area (Å²) in [5.74, 6) is -0.271. The minimum absolute atomic E-state index is 0.101. The van der Waals surface area contributed by atoms with E-state index in [9.17, 15) is 9.18 Å². The highest BCUT2D eigenvalue weighted by molar-refractivity contribution is 6.03. The molecule has 0 aliphatic carbocycles.